The van der Waals surface area contributed by atoms with Crippen LogP contribution in [0.1, 0.15) is 65.5 Å². The quantitative estimate of drug-likeness (QED) is 0.106. The maximum Gasteiger partial charge on any atom is 0.0468 e. The van der Waals surface area contributed by atoms with E-state index in [1.54, 1.807) is 5.57 Å². The highest BCUT2D eigenvalue weighted by Gasteiger charge is 2.18. The molecule has 0 heterocycles. The summed E-state index contributed by atoms with van der Waals surface area (Å²) in [4.78, 5) is 4.76. The number of hydrogen-bond acceptors (Lipinski definition) is 2. The Balaban J connectivity index is 1.04. The summed E-state index contributed by atoms with van der Waals surface area (Å²) in [5.74, 6) is 0. The zero-order chi connectivity index (χ0) is 42.0. The molecule has 0 amide bonds. The van der Waals surface area contributed by atoms with Gasteiger partial charge in [0.25, 0.3) is 0 Å². The van der Waals surface area contributed by atoms with Crippen molar-refractivity contribution in [2.24, 2.45) is 0 Å². The summed E-state index contributed by atoms with van der Waals surface area (Å²) < 4.78 is 0. The van der Waals surface area contributed by atoms with Gasteiger partial charge in [0, 0.05) is 34.1 Å². The first kappa shape index (κ1) is 39.0. The first-order chi connectivity index (χ1) is 30.4. The van der Waals surface area contributed by atoms with E-state index in [4.69, 9.17) is 0 Å². The average molecular weight is 801 g/mol. The van der Waals surface area contributed by atoms with Crippen LogP contribution in [0.15, 0.2) is 188 Å². The van der Waals surface area contributed by atoms with Crippen molar-refractivity contribution in [3.63, 3.8) is 0 Å². The van der Waals surface area contributed by atoms with Crippen LogP contribution in [0.2, 0.25) is 0 Å². The van der Waals surface area contributed by atoms with E-state index in [-0.39, 0.29) is 0 Å². The summed E-state index contributed by atoms with van der Waals surface area (Å²) in [6.45, 7) is 6.44. The van der Waals surface area contributed by atoms with Gasteiger partial charge in [0.1, 0.15) is 0 Å². The lowest BCUT2D eigenvalue weighted by molar-refractivity contribution is 0.602. The van der Waals surface area contributed by atoms with Gasteiger partial charge in [-0.25, -0.2) is 0 Å². The van der Waals surface area contributed by atoms with Gasteiger partial charge in [0.15, 0.2) is 0 Å². The van der Waals surface area contributed by atoms with E-state index in [0.29, 0.717) is 0 Å². The van der Waals surface area contributed by atoms with Crippen molar-refractivity contribution in [3.8, 4) is 0 Å². The van der Waals surface area contributed by atoms with E-state index in [1.807, 2.05) is 0 Å². The lowest BCUT2D eigenvalue weighted by atomic mass is 9.93. The Kier molecular flexibility index (Phi) is 10.7. The van der Waals surface area contributed by atoms with Gasteiger partial charge < -0.3 is 9.80 Å². The molecule has 1 fully saturated rings. The second-order valence-electron chi connectivity index (χ2n) is 17.1. The molecule has 9 aromatic rings. The molecule has 0 spiro atoms. The molecule has 0 aromatic heterocycles. The topological polar surface area (TPSA) is 6.48 Å². The molecule has 0 saturated heterocycles. The van der Waals surface area contributed by atoms with Crippen molar-refractivity contribution in [3.05, 3.63) is 221 Å². The Bertz CT molecular complexity index is 3030. The molecule has 62 heavy (non-hydrogen) atoms. The van der Waals surface area contributed by atoms with Gasteiger partial charge in [-0.2, -0.15) is 0 Å². The Morgan fingerprint density at radius 2 is 0.661 bits per heavy atom. The summed E-state index contributed by atoms with van der Waals surface area (Å²) in [6.07, 6.45) is 13.4. The minimum atomic E-state index is 1.12. The lowest BCUT2D eigenvalue weighted by Gasteiger charge is -2.27. The standard InChI is InChI=1S/C60H52N2/c1-42-13-27-49(28-14-42)61(50-29-15-43(2)16-30-50)54-36-38-58-59(40-54)56-12-8-7-11-55(56)57-37-35-53(41-60(57)58)62(51-31-17-44(3)18-32-51)52-33-25-46(26-34-52)20-19-45-21-23-48(24-22-45)39-47-9-5-4-6-10-47/h7-8,11-41H,4-6,9-10H2,1-3H3/b20-19+. The minimum Gasteiger partial charge on any atom is -0.310 e. The van der Waals surface area contributed by atoms with Gasteiger partial charge in [-0.15, -0.1) is 0 Å². The molecular formula is C60H52N2. The molecule has 0 N–H and O–H groups in total. The van der Waals surface area contributed by atoms with E-state index in [1.165, 1.54) is 97.8 Å². The molecule has 0 unspecified atom stereocenters. The van der Waals surface area contributed by atoms with E-state index < -0.39 is 0 Å². The van der Waals surface area contributed by atoms with Gasteiger partial charge in [0.2, 0.25) is 0 Å². The Hall–Kier alpha value is -7.16. The van der Waals surface area contributed by atoms with Crippen LogP contribution in [-0.4, -0.2) is 0 Å². The summed E-state index contributed by atoms with van der Waals surface area (Å²) in [5.41, 5.74) is 15.8. The van der Waals surface area contributed by atoms with Crippen molar-refractivity contribution in [2.45, 2.75) is 52.9 Å². The lowest BCUT2D eigenvalue weighted by Crippen LogP contribution is -2.10. The first-order valence-electron chi connectivity index (χ1n) is 22.2. The highest BCUT2D eigenvalue weighted by molar-refractivity contribution is 6.26. The SMILES string of the molecule is Cc1ccc(N(c2ccc(C)cc2)c2ccc3c(c2)c2ccccc2c2ccc(N(c4ccc(C)cc4)c4ccc(/C=C/c5ccc(C=C6CCCCC6)cc5)cc4)cc23)cc1. The fourth-order valence-electron chi connectivity index (χ4n) is 9.20. The van der Waals surface area contributed by atoms with Crippen molar-refractivity contribution < 1.29 is 0 Å². The third-order valence-electron chi connectivity index (χ3n) is 12.6. The van der Waals surface area contributed by atoms with Crippen LogP contribution < -0.4 is 9.80 Å². The van der Waals surface area contributed by atoms with Gasteiger partial charge in [0.05, 0.1) is 0 Å². The highest BCUT2D eigenvalue weighted by Crippen LogP contribution is 2.43. The summed E-state index contributed by atoms with van der Waals surface area (Å²) in [5, 5.41) is 7.47. The number of benzene rings is 9. The highest BCUT2D eigenvalue weighted by atomic mass is 15.1. The number of rotatable bonds is 9. The zero-order valence-corrected chi connectivity index (χ0v) is 36.0. The number of allylic oxidation sites excluding steroid dienone is 1. The smallest absolute Gasteiger partial charge is 0.0468 e. The third kappa shape index (κ3) is 8.05. The van der Waals surface area contributed by atoms with Crippen LogP contribution in [0.4, 0.5) is 34.1 Å². The molecule has 1 aliphatic carbocycles. The normalized spacial score (nSPS) is 13.0. The Labute approximate surface area is 366 Å². The molecule has 0 atom stereocenters. The molecule has 10 rings (SSSR count). The summed E-state index contributed by atoms with van der Waals surface area (Å²) in [7, 11) is 0. The number of fused-ring (bicyclic) bond motifs is 6. The molecule has 302 valence electrons. The maximum absolute atomic E-state index is 2.40. The summed E-state index contributed by atoms with van der Waals surface area (Å²) in [6, 6.07) is 67.4. The van der Waals surface area contributed by atoms with Crippen LogP contribution in [0, 0.1) is 20.8 Å². The van der Waals surface area contributed by atoms with Crippen LogP contribution in [0.5, 0.6) is 0 Å². The van der Waals surface area contributed by atoms with Crippen LogP contribution in [0.25, 0.3) is 50.5 Å². The van der Waals surface area contributed by atoms with Gasteiger partial charge >= 0.3 is 0 Å². The molecule has 0 aliphatic heterocycles. The van der Waals surface area contributed by atoms with Gasteiger partial charge in [-0.05, 0) is 168 Å². The van der Waals surface area contributed by atoms with E-state index in [2.05, 4.69) is 231 Å². The molecule has 1 saturated carbocycles. The average Bonchev–Trinajstić information content (AvgIpc) is 3.31. The van der Waals surface area contributed by atoms with E-state index in [9.17, 15) is 0 Å². The van der Waals surface area contributed by atoms with Crippen LogP contribution >= 0.6 is 0 Å². The minimum absolute atomic E-state index is 1.12. The van der Waals surface area contributed by atoms with Crippen LogP contribution in [-0.2, 0) is 0 Å². The predicted molar refractivity (Wildman–Crippen MR) is 269 cm³/mol. The van der Waals surface area contributed by atoms with E-state index in [0.717, 1.165) is 34.1 Å². The predicted octanol–water partition coefficient (Wildman–Crippen LogP) is 17.5. The molecular weight excluding hydrogens is 749 g/mol. The second-order valence-corrected chi connectivity index (χ2v) is 17.1. The molecule has 2 heteroatoms. The number of aryl methyl sites for hydroxylation is 3. The van der Waals surface area contributed by atoms with Gasteiger partial charge in [-0.1, -0.05) is 156 Å². The largest absolute Gasteiger partial charge is 0.310 e. The third-order valence-corrected chi connectivity index (χ3v) is 12.6. The van der Waals surface area contributed by atoms with Crippen molar-refractivity contribution in [2.75, 3.05) is 9.80 Å². The number of hydrogen-bond donors (Lipinski definition) is 0. The Morgan fingerprint density at radius 1 is 0.323 bits per heavy atom. The number of anilines is 6. The van der Waals surface area contributed by atoms with E-state index >= 15 is 0 Å². The molecule has 2 nitrogen and oxygen atoms in total. The maximum atomic E-state index is 2.40. The zero-order valence-electron chi connectivity index (χ0n) is 36.0. The first-order valence-corrected chi connectivity index (χ1v) is 22.2. The van der Waals surface area contributed by atoms with Crippen LogP contribution in [0.3, 0.4) is 0 Å². The molecule has 9 aromatic carbocycles. The molecule has 0 radical (unpaired) electrons. The van der Waals surface area contributed by atoms with Crippen molar-refractivity contribution >= 4 is 84.7 Å². The van der Waals surface area contributed by atoms with Crippen molar-refractivity contribution in [1.29, 1.82) is 0 Å². The fraction of sp³-hybridized carbons (Fsp3) is 0.133. The Morgan fingerprint density at radius 3 is 1.11 bits per heavy atom. The van der Waals surface area contributed by atoms with Gasteiger partial charge in [-0.3, -0.25) is 0 Å². The molecule has 1 aliphatic rings. The van der Waals surface area contributed by atoms with Crippen molar-refractivity contribution in [1.82, 2.24) is 0 Å². The number of nitrogens with zero attached hydrogens (tertiary/aromatic N) is 2. The summed E-state index contributed by atoms with van der Waals surface area (Å²) >= 11 is 0. The monoisotopic (exact) mass is 800 g/mol. The second kappa shape index (κ2) is 17.1. The molecule has 0 bridgehead atoms. The fourth-order valence-corrected chi connectivity index (χ4v) is 9.20.